The molecule has 0 saturated heterocycles. The Bertz CT molecular complexity index is 903. The van der Waals surface area contributed by atoms with Crippen molar-refractivity contribution in [3.63, 3.8) is 0 Å². The van der Waals surface area contributed by atoms with Gasteiger partial charge in [-0.2, -0.15) is 4.37 Å². The molecule has 1 heterocycles. The van der Waals surface area contributed by atoms with Gasteiger partial charge in [-0.25, -0.2) is 4.99 Å². The minimum absolute atomic E-state index is 0.785. The van der Waals surface area contributed by atoms with E-state index in [0.717, 1.165) is 45.4 Å². The highest BCUT2D eigenvalue weighted by Gasteiger charge is 2.10. The van der Waals surface area contributed by atoms with Crippen LogP contribution in [0.15, 0.2) is 53.5 Å². The lowest BCUT2D eigenvalue weighted by atomic mass is 10.1. The van der Waals surface area contributed by atoms with Gasteiger partial charge in [-0.3, -0.25) is 0 Å². The zero-order valence-corrected chi connectivity index (χ0v) is 16.4. The monoisotopic (exact) mass is 365 g/mol. The summed E-state index contributed by atoms with van der Waals surface area (Å²) in [5.41, 5.74) is 5.13. The number of nitrogens with zero attached hydrogens (tertiary/aromatic N) is 3. The summed E-state index contributed by atoms with van der Waals surface area (Å²) in [7, 11) is 2.01. The minimum Gasteiger partial charge on any atom is -0.445 e. The third-order valence-corrected chi connectivity index (χ3v) is 4.82. The first-order chi connectivity index (χ1) is 12.6. The molecule has 0 aliphatic carbocycles. The van der Waals surface area contributed by atoms with E-state index in [1.54, 1.807) is 0 Å². The number of hydrogen-bond donors (Lipinski definition) is 0. The van der Waals surface area contributed by atoms with E-state index >= 15 is 0 Å². The van der Waals surface area contributed by atoms with Gasteiger partial charge < -0.3 is 9.64 Å². The lowest BCUT2D eigenvalue weighted by molar-refractivity contribution is 0.492. The van der Waals surface area contributed by atoms with Crippen LogP contribution in [-0.4, -0.2) is 29.2 Å². The fourth-order valence-corrected chi connectivity index (χ4v) is 3.06. The number of ether oxygens (including phenoxy) is 1. The summed E-state index contributed by atoms with van der Waals surface area (Å²) in [6.07, 6.45) is 1.86. The molecule has 0 spiro atoms. The van der Waals surface area contributed by atoms with E-state index in [9.17, 15) is 0 Å². The van der Waals surface area contributed by atoms with Gasteiger partial charge in [0.1, 0.15) is 5.75 Å². The van der Waals surface area contributed by atoms with Crippen LogP contribution in [0.2, 0.25) is 0 Å². The Labute approximate surface area is 159 Å². The molecule has 3 aromatic rings. The maximum Gasteiger partial charge on any atom is 0.200 e. The molecule has 0 aliphatic heterocycles. The number of hydrogen-bond acceptors (Lipinski definition) is 4. The molecule has 0 atom stereocenters. The molecule has 134 valence electrons. The Balaban J connectivity index is 1.79. The van der Waals surface area contributed by atoms with Crippen LogP contribution < -0.4 is 4.74 Å². The lowest BCUT2D eigenvalue weighted by Crippen LogP contribution is -2.14. The van der Waals surface area contributed by atoms with Crippen LogP contribution in [0.4, 0.5) is 5.69 Å². The summed E-state index contributed by atoms with van der Waals surface area (Å²) in [5.74, 6) is 0.841. The molecular weight excluding hydrogens is 342 g/mol. The molecule has 2 aromatic carbocycles. The van der Waals surface area contributed by atoms with Crippen LogP contribution in [0.5, 0.6) is 10.8 Å². The molecule has 5 heteroatoms. The van der Waals surface area contributed by atoms with Crippen LogP contribution in [0.1, 0.15) is 18.1 Å². The van der Waals surface area contributed by atoms with E-state index in [-0.39, 0.29) is 0 Å². The van der Waals surface area contributed by atoms with Gasteiger partial charge in [0.05, 0.1) is 17.7 Å². The Morgan fingerprint density at radius 1 is 1.12 bits per heavy atom. The molecule has 0 aliphatic rings. The minimum atomic E-state index is 0.785. The van der Waals surface area contributed by atoms with Gasteiger partial charge in [0.15, 0.2) is 0 Å². The number of benzene rings is 2. The van der Waals surface area contributed by atoms with Gasteiger partial charge in [-0.15, -0.1) is 0 Å². The molecule has 0 N–H and O–H groups in total. The topological polar surface area (TPSA) is 37.7 Å². The standard InChI is InChI=1S/C21H23N3OS/c1-5-24(4)14-22-18-11-16(3)20(12-15(18)2)25-21-13-19(23-26-21)17-9-7-6-8-10-17/h6-14H,5H2,1-4H3. The van der Waals surface area contributed by atoms with Crippen LogP contribution in [-0.2, 0) is 0 Å². The van der Waals surface area contributed by atoms with E-state index in [1.807, 2.05) is 74.6 Å². The molecule has 4 nitrogen and oxygen atoms in total. The van der Waals surface area contributed by atoms with E-state index in [2.05, 4.69) is 22.4 Å². The molecule has 1 aromatic heterocycles. The SMILES string of the molecule is CCN(C)C=Nc1cc(C)c(Oc2cc(-c3ccccc3)ns2)cc1C. The number of aryl methyl sites for hydroxylation is 2. The summed E-state index contributed by atoms with van der Waals surface area (Å²) in [5, 5.41) is 0.785. The zero-order chi connectivity index (χ0) is 18.5. The first-order valence-electron chi connectivity index (χ1n) is 8.62. The van der Waals surface area contributed by atoms with Crippen molar-refractivity contribution in [2.45, 2.75) is 20.8 Å². The van der Waals surface area contributed by atoms with E-state index in [4.69, 9.17) is 4.74 Å². The van der Waals surface area contributed by atoms with E-state index < -0.39 is 0 Å². The smallest absolute Gasteiger partial charge is 0.200 e. The lowest BCUT2D eigenvalue weighted by Gasteiger charge is -2.11. The second-order valence-electron chi connectivity index (χ2n) is 6.22. The van der Waals surface area contributed by atoms with Crippen molar-refractivity contribution in [1.29, 1.82) is 0 Å². The van der Waals surface area contributed by atoms with Gasteiger partial charge in [-0.05, 0) is 44.0 Å². The van der Waals surface area contributed by atoms with Crippen molar-refractivity contribution in [3.8, 4) is 22.1 Å². The maximum atomic E-state index is 6.09. The fourth-order valence-electron chi connectivity index (χ4n) is 2.43. The zero-order valence-electron chi connectivity index (χ0n) is 15.6. The molecule has 0 saturated carbocycles. The van der Waals surface area contributed by atoms with Gasteiger partial charge in [-0.1, -0.05) is 30.3 Å². The Morgan fingerprint density at radius 2 is 1.88 bits per heavy atom. The summed E-state index contributed by atoms with van der Waals surface area (Å²) in [4.78, 5) is 6.61. The van der Waals surface area contributed by atoms with Gasteiger partial charge in [0.2, 0.25) is 5.06 Å². The van der Waals surface area contributed by atoms with Gasteiger partial charge in [0, 0.05) is 36.8 Å². The highest BCUT2D eigenvalue weighted by Crippen LogP contribution is 2.35. The second-order valence-corrected chi connectivity index (χ2v) is 6.99. The molecule has 3 rings (SSSR count). The molecule has 0 bridgehead atoms. The molecule has 0 amide bonds. The van der Waals surface area contributed by atoms with Crippen LogP contribution in [0.25, 0.3) is 11.3 Å². The van der Waals surface area contributed by atoms with Crippen LogP contribution >= 0.6 is 11.5 Å². The number of aromatic nitrogens is 1. The summed E-state index contributed by atoms with van der Waals surface area (Å²) in [6.45, 7) is 7.11. The van der Waals surface area contributed by atoms with Crippen molar-refractivity contribution in [1.82, 2.24) is 9.27 Å². The molecule has 0 radical (unpaired) electrons. The number of aliphatic imine (C=N–C) groups is 1. The first kappa shape index (κ1) is 18.1. The third kappa shape index (κ3) is 4.29. The maximum absolute atomic E-state index is 6.09. The Morgan fingerprint density at radius 3 is 2.62 bits per heavy atom. The first-order valence-corrected chi connectivity index (χ1v) is 9.40. The largest absolute Gasteiger partial charge is 0.445 e. The average molecular weight is 366 g/mol. The molecule has 0 fully saturated rings. The van der Waals surface area contributed by atoms with E-state index in [0.29, 0.717) is 0 Å². The second kappa shape index (κ2) is 8.15. The van der Waals surface area contributed by atoms with Crippen molar-refractivity contribution in [2.75, 3.05) is 13.6 Å². The number of rotatable bonds is 6. The predicted octanol–water partition coefficient (Wildman–Crippen LogP) is 5.83. The van der Waals surface area contributed by atoms with Gasteiger partial charge in [0.25, 0.3) is 0 Å². The summed E-state index contributed by atoms with van der Waals surface area (Å²) >= 11 is 1.37. The van der Waals surface area contributed by atoms with E-state index in [1.165, 1.54) is 11.5 Å². The van der Waals surface area contributed by atoms with Crippen molar-refractivity contribution >= 4 is 23.6 Å². The van der Waals surface area contributed by atoms with Crippen LogP contribution in [0.3, 0.4) is 0 Å². The highest BCUT2D eigenvalue weighted by molar-refractivity contribution is 7.08. The highest BCUT2D eigenvalue weighted by atomic mass is 32.1. The Kier molecular flexibility index (Phi) is 5.68. The van der Waals surface area contributed by atoms with Gasteiger partial charge >= 0.3 is 0 Å². The molecule has 26 heavy (non-hydrogen) atoms. The molecular formula is C21H23N3OS. The van der Waals surface area contributed by atoms with Crippen molar-refractivity contribution < 1.29 is 4.74 Å². The summed E-state index contributed by atoms with van der Waals surface area (Å²) < 4.78 is 10.6. The van der Waals surface area contributed by atoms with Crippen molar-refractivity contribution in [3.05, 3.63) is 59.7 Å². The fraction of sp³-hybridized carbons (Fsp3) is 0.238. The Hall–Kier alpha value is -2.66. The quantitative estimate of drug-likeness (QED) is 0.407. The summed E-state index contributed by atoms with van der Waals surface area (Å²) in [6, 6.07) is 16.2. The third-order valence-electron chi connectivity index (χ3n) is 4.15. The normalized spacial score (nSPS) is 11.1. The van der Waals surface area contributed by atoms with Crippen LogP contribution in [0, 0.1) is 13.8 Å². The predicted molar refractivity (Wildman–Crippen MR) is 110 cm³/mol. The average Bonchev–Trinajstić information content (AvgIpc) is 3.12. The molecule has 0 unspecified atom stereocenters. The van der Waals surface area contributed by atoms with Crippen molar-refractivity contribution in [2.24, 2.45) is 4.99 Å².